The number of nitrogens with zero attached hydrogens (tertiary/aromatic N) is 1. The highest BCUT2D eigenvalue weighted by molar-refractivity contribution is 7.71. The van der Waals surface area contributed by atoms with Gasteiger partial charge in [-0.1, -0.05) is 24.3 Å². The van der Waals surface area contributed by atoms with E-state index in [4.69, 9.17) is 12.2 Å². The molecule has 0 saturated carbocycles. The van der Waals surface area contributed by atoms with Crippen LogP contribution < -0.4 is 0 Å². The summed E-state index contributed by atoms with van der Waals surface area (Å²) >= 11 is 5.17. The summed E-state index contributed by atoms with van der Waals surface area (Å²) in [4.78, 5) is 2.82. The number of rotatable bonds is 2. The Morgan fingerprint density at radius 2 is 1.74 bits per heavy atom. The van der Waals surface area contributed by atoms with Crippen LogP contribution in [0.3, 0.4) is 0 Å². The maximum absolute atomic E-state index is 13.7. The standard InChI is InChI=1S/C14H10F2N2S/c15-10-5-2-1-4-9(10)8-18-12-7-3-6-11(16)13(12)17-14(18)19/h1-7H,8H2,(H,17,19). The van der Waals surface area contributed by atoms with Crippen molar-refractivity contribution in [3.05, 3.63) is 64.4 Å². The molecule has 0 amide bonds. The molecule has 0 spiro atoms. The number of fused-ring (bicyclic) bond motifs is 1. The molecule has 0 aliphatic heterocycles. The smallest absolute Gasteiger partial charge is 0.178 e. The van der Waals surface area contributed by atoms with Crippen molar-refractivity contribution in [2.75, 3.05) is 0 Å². The summed E-state index contributed by atoms with van der Waals surface area (Å²) in [5.74, 6) is -0.661. The number of para-hydroxylation sites is 1. The van der Waals surface area contributed by atoms with E-state index < -0.39 is 0 Å². The monoisotopic (exact) mass is 276 g/mol. The molecule has 2 aromatic carbocycles. The third kappa shape index (κ3) is 2.06. The first-order chi connectivity index (χ1) is 9.16. The highest BCUT2D eigenvalue weighted by Crippen LogP contribution is 2.19. The maximum Gasteiger partial charge on any atom is 0.178 e. The Bertz CT molecular complexity index is 805. The van der Waals surface area contributed by atoms with Crippen molar-refractivity contribution in [3.8, 4) is 0 Å². The minimum absolute atomic E-state index is 0.273. The molecule has 0 aliphatic carbocycles. The molecule has 0 aliphatic rings. The fourth-order valence-corrected chi connectivity index (χ4v) is 2.36. The van der Waals surface area contributed by atoms with E-state index in [1.54, 1.807) is 34.9 Å². The average molecular weight is 276 g/mol. The second kappa shape index (κ2) is 4.59. The summed E-state index contributed by atoms with van der Waals surface area (Å²) in [5.41, 5.74) is 1.50. The summed E-state index contributed by atoms with van der Waals surface area (Å²) in [6.07, 6.45) is 0. The van der Waals surface area contributed by atoms with Gasteiger partial charge in [0.25, 0.3) is 0 Å². The van der Waals surface area contributed by atoms with E-state index in [-0.39, 0.29) is 18.2 Å². The van der Waals surface area contributed by atoms with E-state index in [0.29, 0.717) is 21.4 Å². The lowest BCUT2D eigenvalue weighted by atomic mass is 10.2. The predicted molar refractivity (Wildman–Crippen MR) is 72.6 cm³/mol. The van der Waals surface area contributed by atoms with Crippen molar-refractivity contribution in [1.29, 1.82) is 0 Å². The highest BCUT2D eigenvalue weighted by atomic mass is 32.1. The van der Waals surface area contributed by atoms with E-state index in [9.17, 15) is 8.78 Å². The minimum Gasteiger partial charge on any atom is -0.328 e. The number of hydrogen-bond acceptors (Lipinski definition) is 1. The lowest BCUT2D eigenvalue weighted by Gasteiger charge is -2.05. The van der Waals surface area contributed by atoms with Crippen molar-refractivity contribution >= 4 is 23.3 Å². The van der Waals surface area contributed by atoms with E-state index >= 15 is 0 Å². The quantitative estimate of drug-likeness (QED) is 0.701. The normalized spacial score (nSPS) is 11.1. The number of nitrogens with one attached hydrogen (secondary N) is 1. The molecule has 3 aromatic rings. The zero-order valence-corrected chi connectivity index (χ0v) is 10.7. The molecule has 3 rings (SSSR count). The summed E-state index contributed by atoms with van der Waals surface area (Å²) in [6.45, 7) is 0.273. The number of H-pyrrole nitrogens is 1. The number of imidazole rings is 1. The topological polar surface area (TPSA) is 20.7 Å². The number of hydrogen-bond donors (Lipinski definition) is 1. The number of aromatic amines is 1. The second-order valence-corrected chi connectivity index (χ2v) is 4.63. The summed E-state index contributed by atoms with van der Waals surface area (Å²) < 4.78 is 29.4. The van der Waals surface area contributed by atoms with Crippen LogP contribution in [0.25, 0.3) is 11.0 Å². The fraction of sp³-hybridized carbons (Fsp3) is 0.0714. The molecule has 96 valence electrons. The van der Waals surface area contributed by atoms with Crippen LogP contribution in [0.1, 0.15) is 5.56 Å². The maximum atomic E-state index is 13.7. The molecule has 1 N–H and O–H groups in total. The van der Waals surface area contributed by atoms with Crippen LogP contribution in [0, 0.1) is 16.4 Å². The molecule has 0 bridgehead atoms. The van der Waals surface area contributed by atoms with Gasteiger partial charge in [0.05, 0.1) is 12.1 Å². The molecular weight excluding hydrogens is 266 g/mol. The van der Waals surface area contributed by atoms with E-state index in [1.807, 2.05) is 0 Å². The Kier molecular flexibility index (Phi) is 2.91. The van der Waals surface area contributed by atoms with Gasteiger partial charge in [0.2, 0.25) is 0 Å². The minimum atomic E-state index is -0.365. The molecule has 2 nitrogen and oxygen atoms in total. The van der Waals surface area contributed by atoms with Crippen molar-refractivity contribution in [2.45, 2.75) is 6.54 Å². The second-order valence-electron chi connectivity index (χ2n) is 4.24. The number of halogens is 2. The van der Waals surface area contributed by atoms with Crippen LogP contribution in [0.5, 0.6) is 0 Å². The molecule has 1 aromatic heterocycles. The van der Waals surface area contributed by atoms with E-state index in [2.05, 4.69) is 4.98 Å². The third-order valence-electron chi connectivity index (χ3n) is 3.05. The van der Waals surface area contributed by atoms with Crippen LogP contribution in [0.15, 0.2) is 42.5 Å². The lowest BCUT2D eigenvalue weighted by molar-refractivity contribution is 0.600. The lowest BCUT2D eigenvalue weighted by Crippen LogP contribution is -2.01. The molecule has 5 heteroatoms. The Morgan fingerprint density at radius 3 is 2.53 bits per heavy atom. The van der Waals surface area contributed by atoms with Gasteiger partial charge in [-0.25, -0.2) is 8.78 Å². The molecule has 19 heavy (non-hydrogen) atoms. The zero-order valence-electron chi connectivity index (χ0n) is 9.86. The molecule has 1 heterocycles. The first-order valence-corrected chi connectivity index (χ1v) is 6.18. The van der Waals surface area contributed by atoms with Crippen LogP contribution in [-0.2, 0) is 6.54 Å². The van der Waals surface area contributed by atoms with Gasteiger partial charge in [0.15, 0.2) is 4.77 Å². The van der Waals surface area contributed by atoms with Crippen molar-refractivity contribution in [1.82, 2.24) is 9.55 Å². The third-order valence-corrected chi connectivity index (χ3v) is 3.37. The first-order valence-electron chi connectivity index (χ1n) is 5.77. The van der Waals surface area contributed by atoms with Crippen molar-refractivity contribution in [2.24, 2.45) is 0 Å². The summed E-state index contributed by atoms with van der Waals surface area (Å²) in [7, 11) is 0. The highest BCUT2D eigenvalue weighted by Gasteiger charge is 2.10. The van der Waals surface area contributed by atoms with Gasteiger partial charge in [-0.15, -0.1) is 0 Å². The Morgan fingerprint density at radius 1 is 1.00 bits per heavy atom. The van der Waals surface area contributed by atoms with Gasteiger partial charge in [0, 0.05) is 5.56 Å². The average Bonchev–Trinajstić information content (AvgIpc) is 2.71. The largest absolute Gasteiger partial charge is 0.328 e. The molecule has 0 saturated heterocycles. The van der Waals surface area contributed by atoms with Gasteiger partial charge < -0.3 is 9.55 Å². The van der Waals surface area contributed by atoms with Gasteiger partial charge in [-0.05, 0) is 30.4 Å². The van der Waals surface area contributed by atoms with Gasteiger partial charge in [0.1, 0.15) is 17.2 Å². The summed E-state index contributed by atoms with van der Waals surface area (Å²) in [5, 5.41) is 0. The van der Waals surface area contributed by atoms with Gasteiger partial charge in [-0.2, -0.15) is 0 Å². The molecule has 0 radical (unpaired) electrons. The van der Waals surface area contributed by atoms with E-state index in [1.165, 1.54) is 12.1 Å². The van der Waals surface area contributed by atoms with Crippen LogP contribution in [0.2, 0.25) is 0 Å². The number of aromatic nitrogens is 2. The Balaban J connectivity index is 2.16. The molecule has 0 fully saturated rings. The van der Waals surface area contributed by atoms with Crippen LogP contribution in [-0.4, -0.2) is 9.55 Å². The van der Waals surface area contributed by atoms with E-state index in [0.717, 1.165) is 0 Å². The molecule has 0 unspecified atom stereocenters. The van der Waals surface area contributed by atoms with Crippen LogP contribution in [0.4, 0.5) is 8.78 Å². The summed E-state index contributed by atoms with van der Waals surface area (Å²) in [6, 6.07) is 11.2. The number of benzene rings is 2. The Hall–Kier alpha value is -2.01. The Labute approximate surface area is 113 Å². The van der Waals surface area contributed by atoms with Crippen LogP contribution >= 0.6 is 12.2 Å². The van der Waals surface area contributed by atoms with Crippen molar-refractivity contribution < 1.29 is 8.78 Å². The van der Waals surface area contributed by atoms with Crippen molar-refractivity contribution in [3.63, 3.8) is 0 Å². The van der Waals surface area contributed by atoms with Gasteiger partial charge in [-0.3, -0.25) is 0 Å². The SMILES string of the molecule is Fc1ccccc1Cn1c(=S)[nH]c2c(F)cccc21. The predicted octanol–water partition coefficient (Wildman–Crippen LogP) is 4.03. The fourth-order valence-electron chi connectivity index (χ4n) is 2.10. The first kappa shape index (κ1) is 12.0. The zero-order chi connectivity index (χ0) is 13.4. The molecule has 0 atom stereocenters. The van der Waals surface area contributed by atoms with Gasteiger partial charge >= 0.3 is 0 Å². The molecular formula is C14H10F2N2S.